The van der Waals surface area contributed by atoms with Crippen molar-refractivity contribution in [3.8, 4) is 0 Å². The zero-order valence-electron chi connectivity index (χ0n) is 12.6. The molecule has 5 nitrogen and oxygen atoms in total. The molecule has 0 aliphatic rings. The Kier molecular flexibility index (Phi) is 6.67. The summed E-state index contributed by atoms with van der Waals surface area (Å²) in [5.74, 6) is 4.98. The van der Waals surface area contributed by atoms with Gasteiger partial charge in [-0.15, -0.1) is 0 Å². The van der Waals surface area contributed by atoms with Crippen LogP contribution in [-0.4, -0.2) is 12.6 Å². The van der Waals surface area contributed by atoms with Crippen molar-refractivity contribution in [1.29, 1.82) is 0 Å². The van der Waals surface area contributed by atoms with Gasteiger partial charge in [-0.25, -0.2) is 11.3 Å². The summed E-state index contributed by atoms with van der Waals surface area (Å²) in [5, 5.41) is 0. The van der Waals surface area contributed by atoms with Crippen molar-refractivity contribution in [3.05, 3.63) is 46.7 Å². The fourth-order valence-electron chi connectivity index (χ4n) is 2.23. The number of benzene rings is 1. The van der Waals surface area contributed by atoms with Gasteiger partial charge in [-0.1, -0.05) is 25.6 Å². The van der Waals surface area contributed by atoms with Crippen molar-refractivity contribution in [2.75, 3.05) is 6.61 Å². The summed E-state index contributed by atoms with van der Waals surface area (Å²) in [7, 11) is 0. The molecule has 1 aromatic rings. The molecule has 1 rings (SSSR count). The Morgan fingerprint density at radius 2 is 2.10 bits per heavy atom. The van der Waals surface area contributed by atoms with E-state index in [0.29, 0.717) is 12.2 Å². The molecular weight excluding hydrogens is 252 g/mol. The number of nitrogens with one attached hydrogen (secondary N) is 2. The van der Waals surface area contributed by atoms with Crippen LogP contribution in [0, 0.1) is 13.8 Å². The molecule has 0 bridgehead atoms. The number of aryl methyl sites for hydroxylation is 1. The van der Waals surface area contributed by atoms with Gasteiger partial charge in [0.2, 0.25) is 0 Å². The highest BCUT2D eigenvalue weighted by molar-refractivity contribution is 5.39. The van der Waals surface area contributed by atoms with Gasteiger partial charge in [0, 0.05) is 12.2 Å². The second-order valence-corrected chi connectivity index (χ2v) is 4.94. The summed E-state index contributed by atoms with van der Waals surface area (Å²) < 4.78 is 0. The molecule has 0 aliphatic carbocycles. The van der Waals surface area contributed by atoms with Crippen molar-refractivity contribution >= 4 is 0 Å². The van der Waals surface area contributed by atoms with Crippen molar-refractivity contribution in [1.82, 2.24) is 10.9 Å². The average Bonchev–Trinajstić information content (AvgIpc) is 2.42. The van der Waals surface area contributed by atoms with E-state index in [1.54, 1.807) is 0 Å². The van der Waals surface area contributed by atoms with Gasteiger partial charge in [-0.3, -0.25) is 0 Å². The molecule has 0 fully saturated rings. The molecule has 0 aromatic heterocycles. The molecule has 5 heteroatoms. The van der Waals surface area contributed by atoms with Crippen LogP contribution < -0.4 is 22.5 Å². The highest BCUT2D eigenvalue weighted by atomic mass is 16.6. The first-order chi connectivity index (χ1) is 9.51. The van der Waals surface area contributed by atoms with Crippen LogP contribution in [0.3, 0.4) is 0 Å². The summed E-state index contributed by atoms with van der Waals surface area (Å²) in [6, 6.07) is 3.97. The smallest absolute Gasteiger partial charge is 0.0886 e. The van der Waals surface area contributed by atoms with E-state index >= 15 is 0 Å². The first-order valence-electron chi connectivity index (χ1n) is 6.84. The van der Waals surface area contributed by atoms with Gasteiger partial charge in [-0.05, 0) is 42.5 Å². The van der Waals surface area contributed by atoms with E-state index in [2.05, 4.69) is 55.2 Å². The fourth-order valence-corrected chi connectivity index (χ4v) is 2.23. The lowest BCUT2D eigenvalue weighted by Crippen LogP contribution is -2.41. The Balaban J connectivity index is 2.57. The number of nitrogens with two attached hydrogens (primary N) is 2. The standard InChI is InChI=1S/C15H26N4O/c1-5-14-10(2)6-7-13(11(14)3)8-18-19-12(4)15(16)9-20-17/h6-7,15,18-19H,4-5,8-9,16-17H2,1-3H3. The molecule has 6 N–H and O–H groups in total. The van der Waals surface area contributed by atoms with Gasteiger partial charge >= 0.3 is 0 Å². The van der Waals surface area contributed by atoms with Crippen LogP contribution in [0.2, 0.25) is 0 Å². The highest BCUT2D eigenvalue weighted by Gasteiger charge is 2.08. The second-order valence-electron chi connectivity index (χ2n) is 4.94. The summed E-state index contributed by atoms with van der Waals surface area (Å²) in [5.41, 5.74) is 17.9. The second kappa shape index (κ2) is 8.01. The highest BCUT2D eigenvalue weighted by Crippen LogP contribution is 2.18. The quantitative estimate of drug-likeness (QED) is 0.537. The first kappa shape index (κ1) is 16.7. The molecule has 0 amide bonds. The third-order valence-electron chi connectivity index (χ3n) is 3.55. The molecule has 1 unspecified atom stereocenters. The van der Waals surface area contributed by atoms with Crippen LogP contribution in [0.5, 0.6) is 0 Å². The van der Waals surface area contributed by atoms with E-state index in [0.717, 1.165) is 6.42 Å². The number of hydrogen-bond donors (Lipinski definition) is 4. The van der Waals surface area contributed by atoms with Gasteiger partial charge in [0.1, 0.15) is 0 Å². The zero-order chi connectivity index (χ0) is 15.1. The van der Waals surface area contributed by atoms with Crippen LogP contribution >= 0.6 is 0 Å². The molecule has 0 spiro atoms. The van der Waals surface area contributed by atoms with Gasteiger partial charge in [0.25, 0.3) is 0 Å². The minimum atomic E-state index is -0.335. The molecule has 0 aliphatic heterocycles. The summed E-state index contributed by atoms with van der Waals surface area (Å²) in [6.45, 7) is 11.3. The van der Waals surface area contributed by atoms with Crippen LogP contribution in [-0.2, 0) is 17.8 Å². The summed E-state index contributed by atoms with van der Waals surface area (Å²) in [4.78, 5) is 4.50. The molecule has 0 saturated heterocycles. The SMILES string of the molecule is C=C(NNCc1ccc(C)c(CC)c1C)C(N)CON. The van der Waals surface area contributed by atoms with E-state index in [9.17, 15) is 0 Å². The van der Waals surface area contributed by atoms with Gasteiger partial charge in [0.15, 0.2) is 0 Å². The Bertz CT molecular complexity index is 459. The van der Waals surface area contributed by atoms with Crippen LogP contribution in [0.1, 0.15) is 29.2 Å². The molecule has 0 saturated carbocycles. The number of hydrogen-bond acceptors (Lipinski definition) is 5. The Morgan fingerprint density at radius 1 is 1.40 bits per heavy atom. The van der Waals surface area contributed by atoms with Crippen molar-refractivity contribution < 1.29 is 4.84 Å². The van der Waals surface area contributed by atoms with E-state index < -0.39 is 0 Å². The van der Waals surface area contributed by atoms with E-state index in [1.165, 1.54) is 22.3 Å². The predicted molar refractivity (Wildman–Crippen MR) is 82.5 cm³/mol. The zero-order valence-corrected chi connectivity index (χ0v) is 12.6. The Morgan fingerprint density at radius 3 is 2.70 bits per heavy atom. The summed E-state index contributed by atoms with van der Waals surface area (Å²) in [6.07, 6.45) is 1.05. The van der Waals surface area contributed by atoms with E-state index in [-0.39, 0.29) is 12.6 Å². The van der Waals surface area contributed by atoms with Crippen molar-refractivity contribution in [3.63, 3.8) is 0 Å². The monoisotopic (exact) mass is 278 g/mol. The van der Waals surface area contributed by atoms with Gasteiger partial charge < -0.3 is 16.0 Å². The van der Waals surface area contributed by atoms with Crippen LogP contribution in [0.25, 0.3) is 0 Å². The molecule has 0 radical (unpaired) electrons. The first-order valence-corrected chi connectivity index (χ1v) is 6.84. The number of rotatable bonds is 8. The lowest BCUT2D eigenvalue weighted by Gasteiger charge is -2.18. The molecule has 1 aromatic carbocycles. The summed E-state index contributed by atoms with van der Waals surface area (Å²) >= 11 is 0. The lowest BCUT2D eigenvalue weighted by molar-refractivity contribution is 0.129. The third kappa shape index (κ3) is 4.31. The predicted octanol–water partition coefficient (Wildman–Crippen LogP) is 1.19. The minimum Gasteiger partial charge on any atom is -0.324 e. The van der Waals surface area contributed by atoms with Gasteiger partial charge in [0.05, 0.1) is 12.6 Å². The fraction of sp³-hybridized carbons (Fsp3) is 0.467. The Labute approximate surface area is 121 Å². The molecular formula is C15H26N4O. The van der Waals surface area contributed by atoms with Crippen LogP contribution in [0.15, 0.2) is 24.4 Å². The minimum absolute atomic E-state index is 0.233. The van der Waals surface area contributed by atoms with E-state index in [1.807, 2.05) is 0 Å². The topological polar surface area (TPSA) is 85.3 Å². The van der Waals surface area contributed by atoms with Crippen LogP contribution in [0.4, 0.5) is 0 Å². The largest absolute Gasteiger partial charge is 0.324 e. The Hall–Kier alpha value is -1.40. The normalized spacial score (nSPS) is 12.2. The molecule has 112 valence electrons. The molecule has 0 heterocycles. The average molecular weight is 278 g/mol. The number of hydrazine groups is 1. The van der Waals surface area contributed by atoms with Crippen molar-refractivity contribution in [2.45, 2.75) is 39.8 Å². The maximum absolute atomic E-state index is 5.80. The van der Waals surface area contributed by atoms with Gasteiger partial charge in [-0.2, -0.15) is 0 Å². The molecule has 1 atom stereocenters. The van der Waals surface area contributed by atoms with Crippen molar-refractivity contribution in [2.24, 2.45) is 11.6 Å². The molecule has 20 heavy (non-hydrogen) atoms. The third-order valence-corrected chi connectivity index (χ3v) is 3.55. The lowest BCUT2D eigenvalue weighted by atomic mass is 9.96. The maximum atomic E-state index is 5.80. The van der Waals surface area contributed by atoms with E-state index in [4.69, 9.17) is 11.6 Å². The maximum Gasteiger partial charge on any atom is 0.0886 e.